The fraction of sp³-hybridized carbons (Fsp3) is 0.226. The van der Waals surface area contributed by atoms with E-state index in [0.29, 0.717) is 33.0 Å². The summed E-state index contributed by atoms with van der Waals surface area (Å²) in [5.41, 5.74) is 3.57. The first-order chi connectivity index (χ1) is 17.8. The highest BCUT2D eigenvalue weighted by Gasteiger charge is 2.08. The van der Waals surface area contributed by atoms with Crippen molar-refractivity contribution in [2.75, 3.05) is 26.4 Å². The van der Waals surface area contributed by atoms with Crippen LogP contribution in [0.4, 0.5) is 0 Å². The normalized spacial score (nSPS) is 10.6. The fourth-order valence-electron chi connectivity index (χ4n) is 3.62. The standard InChI is InChI=1S/C31H33NO4/c1-25-12-14-26(15-13-25)23-32-24-27-16-17-30(35-19-18-33-28-8-4-2-5-9-28)22-31(27)36-21-20-34-29-10-6-3-7-11-29/h2-17,22,32H,18-21,23-24H2,1H3. The highest BCUT2D eigenvalue weighted by molar-refractivity contribution is 5.41. The first-order valence-corrected chi connectivity index (χ1v) is 12.3. The second-order valence-electron chi connectivity index (χ2n) is 8.38. The molecule has 0 bridgehead atoms. The van der Waals surface area contributed by atoms with E-state index in [4.69, 9.17) is 18.9 Å². The quantitative estimate of drug-likeness (QED) is 0.216. The second-order valence-corrected chi connectivity index (χ2v) is 8.38. The minimum atomic E-state index is 0.431. The summed E-state index contributed by atoms with van der Waals surface area (Å²) in [5.74, 6) is 3.19. The van der Waals surface area contributed by atoms with E-state index in [2.05, 4.69) is 36.5 Å². The third-order valence-corrected chi connectivity index (χ3v) is 5.52. The van der Waals surface area contributed by atoms with Crippen LogP contribution in [0.2, 0.25) is 0 Å². The van der Waals surface area contributed by atoms with Crippen molar-refractivity contribution in [3.05, 3.63) is 120 Å². The van der Waals surface area contributed by atoms with Crippen LogP contribution in [0, 0.1) is 6.92 Å². The summed E-state index contributed by atoms with van der Waals surface area (Å²) in [6.07, 6.45) is 0. The average Bonchev–Trinajstić information content (AvgIpc) is 2.92. The molecule has 0 radical (unpaired) electrons. The molecule has 0 unspecified atom stereocenters. The molecule has 0 saturated carbocycles. The van der Waals surface area contributed by atoms with Crippen LogP contribution in [0.5, 0.6) is 23.0 Å². The molecule has 5 heteroatoms. The molecule has 0 fully saturated rings. The van der Waals surface area contributed by atoms with Crippen LogP contribution in [0.25, 0.3) is 0 Å². The van der Waals surface area contributed by atoms with Crippen LogP contribution < -0.4 is 24.3 Å². The molecule has 0 aliphatic carbocycles. The Balaban J connectivity index is 1.32. The molecule has 186 valence electrons. The molecule has 5 nitrogen and oxygen atoms in total. The molecular weight excluding hydrogens is 450 g/mol. The molecule has 0 heterocycles. The lowest BCUT2D eigenvalue weighted by Crippen LogP contribution is -2.15. The number of hydrogen-bond acceptors (Lipinski definition) is 5. The molecule has 4 aromatic carbocycles. The van der Waals surface area contributed by atoms with Gasteiger partial charge in [0.1, 0.15) is 49.4 Å². The molecule has 0 aliphatic heterocycles. The molecule has 0 aromatic heterocycles. The number of hydrogen-bond donors (Lipinski definition) is 1. The van der Waals surface area contributed by atoms with E-state index >= 15 is 0 Å². The van der Waals surface area contributed by atoms with Crippen molar-refractivity contribution >= 4 is 0 Å². The van der Waals surface area contributed by atoms with Crippen molar-refractivity contribution in [1.82, 2.24) is 5.32 Å². The van der Waals surface area contributed by atoms with Crippen molar-refractivity contribution in [3.63, 3.8) is 0 Å². The summed E-state index contributed by atoms with van der Waals surface area (Å²) >= 11 is 0. The third-order valence-electron chi connectivity index (χ3n) is 5.52. The van der Waals surface area contributed by atoms with Crippen LogP contribution in [0.3, 0.4) is 0 Å². The monoisotopic (exact) mass is 483 g/mol. The van der Waals surface area contributed by atoms with E-state index in [1.807, 2.05) is 78.9 Å². The molecule has 1 N–H and O–H groups in total. The Kier molecular flexibility index (Phi) is 9.64. The first-order valence-electron chi connectivity index (χ1n) is 12.3. The Hall–Kier alpha value is -3.96. The van der Waals surface area contributed by atoms with Crippen LogP contribution in [0.15, 0.2) is 103 Å². The lowest BCUT2D eigenvalue weighted by atomic mass is 10.1. The summed E-state index contributed by atoms with van der Waals surface area (Å²) in [4.78, 5) is 0. The smallest absolute Gasteiger partial charge is 0.127 e. The van der Waals surface area contributed by atoms with Gasteiger partial charge in [-0.2, -0.15) is 0 Å². The largest absolute Gasteiger partial charge is 0.490 e. The van der Waals surface area contributed by atoms with Gasteiger partial charge in [-0.05, 0) is 42.8 Å². The molecule has 0 spiro atoms. The van der Waals surface area contributed by atoms with Gasteiger partial charge in [0.25, 0.3) is 0 Å². The summed E-state index contributed by atoms with van der Waals surface area (Å²) in [5, 5.41) is 3.51. The average molecular weight is 484 g/mol. The zero-order chi connectivity index (χ0) is 24.8. The van der Waals surface area contributed by atoms with E-state index in [9.17, 15) is 0 Å². The van der Waals surface area contributed by atoms with Gasteiger partial charge in [0, 0.05) is 24.7 Å². The third kappa shape index (κ3) is 8.36. The van der Waals surface area contributed by atoms with E-state index in [1.165, 1.54) is 11.1 Å². The topological polar surface area (TPSA) is 49.0 Å². The Bertz CT molecular complexity index is 1160. The molecule has 4 aromatic rings. The highest BCUT2D eigenvalue weighted by atomic mass is 16.5. The number of nitrogens with one attached hydrogen (secondary N) is 1. The number of rotatable bonds is 14. The molecule has 0 aliphatic rings. The van der Waals surface area contributed by atoms with Crippen molar-refractivity contribution in [1.29, 1.82) is 0 Å². The van der Waals surface area contributed by atoms with Gasteiger partial charge in [0.2, 0.25) is 0 Å². The van der Waals surface area contributed by atoms with Gasteiger partial charge in [0.05, 0.1) is 0 Å². The zero-order valence-electron chi connectivity index (χ0n) is 20.7. The van der Waals surface area contributed by atoms with Crippen LogP contribution in [0.1, 0.15) is 16.7 Å². The van der Waals surface area contributed by atoms with Crippen LogP contribution in [-0.4, -0.2) is 26.4 Å². The van der Waals surface area contributed by atoms with Crippen molar-refractivity contribution in [2.24, 2.45) is 0 Å². The molecule has 4 rings (SSSR count). The SMILES string of the molecule is Cc1ccc(CNCc2ccc(OCCOc3ccccc3)cc2OCCOc2ccccc2)cc1. The fourth-order valence-corrected chi connectivity index (χ4v) is 3.62. The predicted molar refractivity (Wildman–Crippen MR) is 143 cm³/mol. The van der Waals surface area contributed by atoms with E-state index in [1.54, 1.807) is 0 Å². The number of benzene rings is 4. The minimum absolute atomic E-state index is 0.431. The van der Waals surface area contributed by atoms with Crippen LogP contribution in [-0.2, 0) is 13.1 Å². The van der Waals surface area contributed by atoms with Gasteiger partial charge >= 0.3 is 0 Å². The number of aryl methyl sites for hydroxylation is 1. The maximum atomic E-state index is 6.12. The van der Waals surface area contributed by atoms with E-state index in [0.717, 1.165) is 35.1 Å². The highest BCUT2D eigenvalue weighted by Crippen LogP contribution is 2.25. The lowest BCUT2D eigenvalue weighted by Gasteiger charge is -2.15. The molecule has 0 saturated heterocycles. The van der Waals surface area contributed by atoms with Gasteiger partial charge in [-0.25, -0.2) is 0 Å². The van der Waals surface area contributed by atoms with Gasteiger partial charge < -0.3 is 24.3 Å². The maximum absolute atomic E-state index is 6.12. The number of ether oxygens (including phenoxy) is 4. The van der Waals surface area contributed by atoms with Gasteiger partial charge in [-0.15, -0.1) is 0 Å². The number of para-hydroxylation sites is 2. The first kappa shape index (κ1) is 25.1. The second kappa shape index (κ2) is 13.8. The Morgan fingerprint density at radius 3 is 1.69 bits per heavy atom. The Morgan fingerprint density at radius 2 is 1.08 bits per heavy atom. The molecule has 36 heavy (non-hydrogen) atoms. The van der Waals surface area contributed by atoms with Gasteiger partial charge in [0.15, 0.2) is 0 Å². The van der Waals surface area contributed by atoms with Crippen molar-refractivity contribution in [3.8, 4) is 23.0 Å². The van der Waals surface area contributed by atoms with E-state index < -0.39 is 0 Å². The lowest BCUT2D eigenvalue weighted by molar-refractivity contribution is 0.208. The zero-order valence-corrected chi connectivity index (χ0v) is 20.7. The Labute approximate surface area is 213 Å². The van der Waals surface area contributed by atoms with Gasteiger partial charge in [-0.1, -0.05) is 72.3 Å². The summed E-state index contributed by atoms with van der Waals surface area (Å²) in [6, 6.07) is 34.0. The summed E-state index contributed by atoms with van der Waals surface area (Å²) < 4.78 is 23.5. The molecular formula is C31H33NO4. The molecule has 0 amide bonds. The van der Waals surface area contributed by atoms with Gasteiger partial charge in [-0.3, -0.25) is 0 Å². The predicted octanol–water partition coefficient (Wildman–Crippen LogP) is 6.20. The molecule has 0 atom stereocenters. The maximum Gasteiger partial charge on any atom is 0.127 e. The van der Waals surface area contributed by atoms with Crippen LogP contribution >= 0.6 is 0 Å². The Morgan fingerprint density at radius 1 is 0.528 bits per heavy atom. The van der Waals surface area contributed by atoms with E-state index in [-0.39, 0.29) is 0 Å². The minimum Gasteiger partial charge on any atom is -0.490 e. The summed E-state index contributed by atoms with van der Waals surface area (Å²) in [7, 11) is 0. The summed E-state index contributed by atoms with van der Waals surface area (Å²) in [6.45, 7) is 5.35. The van der Waals surface area contributed by atoms with Crippen molar-refractivity contribution < 1.29 is 18.9 Å². The van der Waals surface area contributed by atoms with Crippen molar-refractivity contribution in [2.45, 2.75) is 20.0 Å².